The van der Waals surface area contributed by atoms with Crippen molar-refractivity contribution in [3.05, 3.63) is 35.4 Å². The summed E-state index contributed by atoms with van der Waals surface area (Å²) in [5, 5.41) is 0. The molecule has 0 spiro atoms. The molecule has 1 aromatic carbocycles. The number of benzene rings is 1. The second-order valence-electron chi connectivity index (χ2n) is 6.98. The third-order valence-electron chi connectivity index (χ3n) is 3.98. The van der Waals surface area contributed by atoms with E-state index in [4.69, 9.17) is 9.47 Å². The molecule has 0 bridgehead atoms. The standard InChI is InChI=1S/C19H28O3/c1-4-6-15-9-11-16(12-10-15)17(20)7-5-8-18-21-13-19(2,3)14-22-18/h9-12,18H,4-8,13-14H2,1-3H3. The summed E-state index contributed by atoms with van der Waals surface area (Å²) in [6.45, 7) is 7.88. The lowest BCUT2D eigenvalue weighted by Crippen LogP contribution is -2.37. The molecule has 3 heteroatoms. The average Bonchev–Trinajstić information content (AvgIpc) is 2.50. The van der Waals surface area contributed by atoms with Gasteiger partial charge >= 0.3 is 0 Å². The van der Waals surface area contributed by atoms with E-state index in [0.29, 0.717) is 6.42 Å². The van der Waals surface area contributed by atoms with Gasteiger partial charge in [-0.3, -0.25) is 4.79 Å². The summed E-state index contributed by atoms with van der Waals surface area (Å²) in [4.78, 5) is 12.2. The first kappa shape index (κ1) is 17.2. The minimum atomic E-state index is -0.146. The van der Waals surface area contributed by atoms with Crippen LogP contribution in [0.25, 0.3) is 0 Å². The number of hydrogen-bond acceptors (Lipinski definition) is 3. The summed E-state index contributed by atoms with van der Waals surface area (Å²) in [7, 11) is 0. The molecule has 2 rings (SSSR count). The summed E-state index contributed by atoms with van der Waals surface area (Å²) in [5.74, 6) is 0.208. The molecule has 1 aliphatic heterocycles. The zero-order chi connectivity index (χ0) is 16.0. The Morgan fingerprint density at radius 1 is 1.18 bits per heavy atom. The van der Waals surface area contributed by atoms with Crippen molar-refractivity contribution in [2.75, 3.05) is 13.2 Å². The van der Waals surface area contributed by atoms with Gasteiger partial charge < -0.3 is 9.47 Å². The normalized spacial score (nSPS) is 18.3. The maximum atomic E-state index is 12.2. The van der Waals surface area contributed by atoms with Gasteiger partial charge in [0.1, 0.15) is 0 Å². The molecule has 0 unspecified atom stereocenters. The first-order valence-corrected chi connectivity index (χ1v) is 8.35. The second kappa shape index (κ2) is 7.89. The molecule has 1 fully saturated rings. The third-order valence-corrected chi connectivity index (χ3v) is 3.98. The van der Waals surface area contributed by atoms with Crippen molar-refractivity contribution in [2.24, 2.45) is 5.41 Å². The molecule has 1 aliphatic rings. The van der Waals surface area contributed by atoms with Crippen LogP contribution in [-0.2, 0) is 15.9 Å². The van der Waals surface area contributed by atoms with Crippen LogP contribution >= 0.6 is 0 Å². The fourth-order valence-corrected chi connectivity index (χ4v) is 2.61. The van der Waals surface area contributed by atoms with Gasteiger partial charge in [0.25, 0.3) is 0 Å². The van der Waals surface area contributed by atoms with E-state index >= 15 is 0 Å². The van der Waals surface area contributed by atoms with Crippen LogP contribution in [0.2, 0.25) is 0 Å². The number of Topliss-reactive ketones (excluding diaryl/α,β-unsaturated/α-hetero) is 1. The lowest BCUT2D eigenvalue weighted by atomic mass is 9.95. The van der Waals surface area contributed by atoms with Crippen molar-refractivity contribution < 1.29 is 14.3 Å². The summed E-state index contributed by atoms with van der Waals surface area (Å²) in [6.07, 6.45) is 4.20. The van der Waals surface area contributed by atoms with Gasteiger partial charge in [-0.15, -0.1) is 0 Å². The van der Waals surface area contributed by atoms with Gasteiger partial charge in [-0.05, 0) is 24.8 Å². The van der Waals surface area contributed by atoms with Crippen molar-refractivity contribution in [1.29, 1.82) is 0 Å². The highest BCUT2D eigenvalue weighted by Crippen LogP contribution is 2.25. The minimum absolute atomic E-state index is 0.104. The molecule has 0 amide bonds. The molecular weight excluding hydrogens is 276 g/mol. The van der Waals surface area contributed by atoms with Crippen LogP contribution in [-0.4, -0.2) is 25.3 Å². The lowest BCUT2D eigenvalue weighted by Gasteiger charge is -2.34. The van der Waals surface area contributed by atoms with E-state index in [1.807, 2.05) is 12.1 Å². The van der Waals surface area contributed by atoms with Gasteiger partial charge in [0.2, 0.25) is 0 Å². The van der Waals surface area contributed by atoms with E-state index in [2.05, 4.69) is 32.9 Å². The van der Waals surface area contributed by atoms with Crippen molar-refractivity contribution in [2.45, 2.75) is 59.2 Å². The fourth-order valence-electron chi connectivity index (χ4n) is 2.61. The smallest absolute Gasteiger partial charge is 0.162 e. The van der Waals surface area contributed by atoms with Crippen molar-refractivity contribution in [3.8, 4) is 0 Å². The Kier molecular flexibility index (Phi) is 6.16. The zero-order valence-electron chi connectivity index (χ0n) is 14.1. The van der Waals surface area contributed by atoms with Gasteiger partial charge in [-0.2, -0.15) is 0 Å². The van der Waals surface area contributed by atoms with E-state index in [0.717, 1.165) is 44.5 Å². The number of aryl methyl sites for hydroxylation is 1. The van der Waals surface area contributed by atoms with E-state index in [1.165, 1.54) is 5.56 Å². The topological polar surface area (TPSA) is 35.5 Å². The highest BCUT2D eigenvalue weighted by atomic mass is 16.7. The van der Waals surface area contributed by atoms with Crippen molar-refractivity contribution >= 4 is 5.78 Å². The number of ketones is 1. The van der Waals surface area contributed by atoms with Crippen LogP contribution in [0.5, 0.6) is 0 Å². The molecule has 122 valence electrons. The maximum absolute atomic E-state index is 12.2. The van der Waals surface area contributed by atoms with E-state index in [9.17, 15) is 4.79 Å². The van der Waals surface area contributed by atoms with E-state index < -0.39 is 0 Å². The highest BCUT2D eigenvalue weighted by Gasteiger charge is 2.27. The number of rotatable bonds is 7. The molecule has 0 aromatic heterocycles. The summed E-state index contributed by atoms with van der Waals surface area (Å²) < 4.78 is 11.4. The monoisotopic (exact) mass is 304 g/mol. The van der Waals surface area contributed by atoms with Crippen molar-refractivity contribution in [3.63, 3.8) is 0 Å². The molecule has 0 atom stereocenters. The van der Waals surface area contributed by atoms with E-state index in [-0.39, 0.29) is 17.5 Å². The van der Waals surface area contributed by atoms with Crippen LogP contribution in [0.3, 0.4) is 0 Å². The van der Waals surface area contributed by atoms with Gasteiger partial charge in [0.05, 0.1) is 13.2 Å². The average molecular weight is 304 g/mol. The molecule has 0 N–H and O–H groups in total. The number of ether oxygens (including phenoxy) is 2. The third kappa shape index (κ3) is 5.22. The Labute approximate surface area is 134 Å². The minimum Gasteiger partial charge on any atom is -0.352 e. The van der Waals surface area contributed by atoms with Crippen molar-refractivity contribution in [1.82, 2.24) is 0 Å². The summed E-state index contributed by atoms with van der Waals surface area (Å²) in [6, 6.07) is 8.02. The first-order valence-electron chi connectivity index (χ1n) is 8.35. The zero-order valence-corrected chi connectivity index (χ0v) is 14.1. The van der Waals surface area contributed by atoms with Gasteiger partial charge in [0.15, 0.2) is 12.1 Å². The highest BCUT2D eigenvalue weighted by molar-refractivity contribution is 5.96. The Bertz CT molecular complexity index is 466. The molecule has 0 saturated carbocycles. The molecule has 22 heavy (non-hydrogen) atoms. The molecular formula is C19H28O3. The Morgan fingerprint density at radius 2 is 1.82 bits per heavy atom. The molecule has 3 nitrogen and oxygen atoms in total. The van der Waals surface area contributed by atoms with Gasteiger partial charge in [-0.1, -0.05) is 51.5 Å². The fraction of sp³-hybridized carbons (Fsp3) is 0.632. The van der Waals surface area contributed by atoms with Crippen LogP contribution in [0.1, 0.15) is 62.4 Å². The van der Waals surface area contributed by atoms with Crippen LogP contribution in [0, 0.1) is 5.41 Å². The van der Waals surface area contributed by atoms with Gasteiger partial charge in [0, 0.05) is 17.4 Å². The molecule has 1 heterocycles. The number of hydrogen-bond donors (Lipinski definition) is 0. The second-order valence-corrected chi connectivity index (χ2v) is 6.98. The molecule has 0 radical (unpaired) electrons. The maximum Gasteiger partial charge on any atom is 0.162 e. The summed E-state index contributed by atoms with van der Waals surface area (Å²) in [5.41, 5.74) is 2.21. The Hall–Kier alpha value is -1.19. The van der Waals surface area contributed by atoms with Gasteiger partial charge in [-0.25, -0.2) is 0 Å². The van der Waals surface area contributed by atoms with Crippen LogP contribution in [0.4, 0.5) is 0 Å². The quantitative estimate of drug-likeness (QED) is 0.701. The number of carbonyl (C=O) groups excluding carboxylic acids is 1. The molecule has 0 aliphatic carbocycles. The predicted molar refractivity (Wildman–Crippen MR) is 88.1 cm³/mol. The SMILES string of the molecule is CCCc1ccc(C(=O)CCCC2OCC(C)(C)CO2)cc1. The van der Waals surface area contributed by atoms with Crippen LogP contribution < -0.4 is 0 Å². The Balaban J connectivity index is 1.71. The molecule has 1 aromatic rings. The van der Waals surface area contributed by atoms with Crippen LogP contribution in [0.15, 0.2) is 24.3 Å². The predicted octanol–water partition coefficient (Wildman–Crippen LogP) is 4.39. The Morgan fingerprint density at radius 3 is 2.41 bits per heavy atom. The summed E-state index contributed by atoms with van der Waals surface area (Å²) >= 11 is 0. The lowest BCUT2D eigenvalue weighted by molar-refractivity contribution is -0.223. The number of carbonyl (C=O) groups is 1. The molecule has 1 saturated heterocycles. The first-order chi connectivity index (χ1) is 10.5. The largest absolute Gasteiger partial charge is 0.352 e. The van der Waals surface area contributed by atoms with E-state index in [1.54, 1.807) is 0 Å².